The summed E-state index contributed by atoms with van der Waals surface area (Å²) in [5.41, 5.74) is 7.20. The van der Waals surface area contributed by atoms with E-state index < -0.39 is 5.97 Å². The van der Waals surface area contributed by atoms with Gasteiger partial charge in [-0.25, -0.2) is 0 Å². The summed E-state index contributed by atoms with van der Waals surface area (Å²) in [4.78, 5) is 24.5. The SMILES string of the molecule is Nc1ccc(CC(=O)N2CCC(CC(=O)O)C2)cc1. The molecule has 1 unspecified atom stereocenters. The monoisotopic (exact) mass is 262 g/mol. The second-order valence-corrected chi connectivity index (χ2v) is 5.01. The largest absolute Gasteiger partial charge is 0.481 e. The van der Waals surface area contributed by atoms with Crippen molar-refractivity contribution >= 4 is 17.6 Å². The van der Waals surface area contributed by atoms with Gasteiger partial charge in [0, 0.05) is 25.2 Å². The first kappa shape index (κ1) is 13.4. The van der Waals surface area contributed by atoms with Crippen LogP contribution in [0.15, 0.2) is 24.3 Å². The van der Waals surface area contributed by atoms with Gasteiger partial charge in [0.1, 0.15) is 0 Å². The summed E-state index contributed by atoms with van der Waals surface area (Å²) in [7, 11) is 0. The third kappa shape index (κ3) is 3.71. The molecule has 1 aromatic carbocycles. The molecule has 1 aliphatic heterocycles. The molecule has 3 N–H and O–H groups in total. The molecule has 0 bridgehead atoms. The highest BCUT2D eigenvalue weighted by Gasteiger charge is 2.27. The molecule has 0 saturated carbocycles. The molecule has 1 heterocycles. The number of carboxylic acids is 1. The van der Waals surface area contributed by atoms with Crippen LogP contribution in [0.4, 0.5) is 5.69 Å². The summed E-state index contributed by atoms with van der Waals surface area (Å²) < 4.78 is 0. The van der Waals surface area contributed by atoms with E-state index in [9.17, 15) is 9.59 Å². The summed E-state index contributed by atoms with van der Waals surface area (Å²) in [6.07, 6.45) is 1.27. The average molecular weight is 262 g/mol. The van der Waals surface area contributed by atoms with E-state index >= 15 is 0 Å². The number of rotatable bonds is 4. The highest BCUT2D eigenvalue weighted by molar-refractivity contribution is 5.79. The maximum absolute atomic E-state index is 12.1. The number of aliphatic carboxylic acids is 1. The van der Waals surface area contributed by atoms with Gasteiger partial charge in [-0.2, -0.15) is 0 Å². The van der Waals surface area contributed by atoms with Gasteiger partial charge in [0.05, 0.1) is 6.42 Å². The number of carbonyl (C=O) groups excluding carboxylic acids is 1. The molecular formula is C14H18N2O3. The molecule has 1 amide bonds. The van der Waals surface area contributed by atoms with Gasteiger partial charge >= 0.3 is 5.97 Å². The summed E-state index contributed by atoms with van der Waals surface area (Å²) in [6, 6.07) is 7.25. The molecule has 19 heavy (non-hydrogen) atoms. The lowest BCUT2D eigenvalue weighted by molar-refractivity contribution is -0.138. The Labute approximate surface area is 112 Å². The number of benzene rings is 1. The normalized spacial score (nSPS) is 18.5. The molecule has 1 fully saturated rings. The number of nitrogens with two attached hydrogens (primary N) is 1. The Morgan fingerprint density at radius 2 is 2.00 bits per heavy atom. The zero-order valence-corrected chi connectivity index (χ0v) is 10.7. The molecule has 5 heteroatoms. The maximum atomic E-state index is 12.1. The minimum Gasteiger partial charge on any atom is -0.481 e. The number of likely N-dealkylation sites (tertiary alicyclic amines) is 1. The highest BCUT2D eigenvalue weighted by Crippen LogP contribution is 2.20. The van der Waals surface area contributed by atoms with Gasteiger partial charge in [-0.1, -0.05) is 12.1 Å². The minimum atomic E-state index is -0.794. The van der Waals surface area contributed by atoms with Crippen LogP contribution in [0.2, 0.25) is 0 Å². The number of anilines is 1. The highest BCUT2D eigenvalue weighted by atomic mass is 16.4. The molecular weight excluding hydrogens is 244 g/mol. The molecule has 0 spiro atoms. The van der Waals surface area contributed by atoms with Gasteiger partial charge in [0.15, 0.2) is 0 Å². The van der Waals surface area contributed by atoms with E-state index in [0.29, 0.717) is 25.2 Å². The molecule has 0 aliphatic carbocycles. The lowest BCUT2D eigenvalue weighted by Gasteiger charge is -2.16. The molecule has 1 saturated heterocycles. The van der Waals surface area contributed by atoms with E-state index in [1.165, 1.54) is 0 Å². The number of nitrogens with zero attached hydrogens (tertiary/aromatic N) is 1. The summed E-state index contributed by atoms with van der Waals surface area (Å²) in [5.74, 6) is -0.650. The van der Waals surface area contributed by atoms with E-state index in [1.807, 2.05) is 12.1 Å². The number of carbonyl (C=O) groups is 2. The van der Waals surface area contributed by atoms with Crippen LogP contribution in [0, 0.1) is 5.92 Å². The van der Waals surface area contributed by atoms with Crippen LogP contribution in [0.25, 0.3) is 0 Å². The van der Waals surface area contributed by atoms with Crippen LogP contribution in [0.5, 0.6) is 0 Å². The predicted molar refractivity (Wildman–Crippen MR) is 71.5 cm³/mol. The van der Waals surface area contributed by atoms with Crippen molar-refractivity contribution in [1.82, 2.24) is 4.90 Å². The van der Waals surface area contributed by atoms with E-state index in [4.69, 9.17) is 10.8 Å². The number of nitrogen functional groups attached to an aromatic ring is 1. The van der Waals surface area contributed by atoms with Gasteiger partial charge in [-0.3, -0.25) is 9.59 Å². The van der Waals surface area contributed by atoms with Gasteiger partial charge in [0.25, 0.3) is 0 Å². The first-order chi connectivity index (χ1) is 9.04. The second kappa shape index (κ2) is 5.73. The van der Waals surface area contributed by atoms with Gasteiger partial charge < -0.3 is 15.7 Å². The van der Waals surface area contributed by atoms with E-state index in [-0.39, 0.29) is 18.2 Å². The number of hydrogen-bond acceptors (Lipinski definition) is 3. The van der Waals surface area contributed by atoms with Crippen LogP contribution >= 0.6 is 0 Å². The lowest BCUT2D eigenvalue weighted by Crippen LogP contribution is -2.30. The lowest BCUT2D eigenvalue weighted by atomic mass is 10.1. The van der Waals surface area contributed by atoms with Crippen molar-refractivity contribution in [3.8, 4) is 0 Å². The van der Waals surface area contributed by atoms with Crippen molar-refractivity contribution in [3.05, 3.63) is 29.8 Å². The van der Waals surface area contributed by atoms with Crippen molar-refractivity contribution in [2.45, 2.75) is 19.3 Å². The first-order valence-corrected chi connectivity index (χ1v) is 6.38. The quantitative estimate of drug-likeness (QED) is 0.797. The van der Waals surface area contributed by atoms with Gasteiger partial charge in [-0.15, -0.1) is 0 Å². The summed E-state index contributed by atoms with van der Waals surface area (Å²) in [5, 5.41) is 8.74. The zero-order valence-electron chi connectivity index (χ0n) is 10.7. The van der Waals surface area contributed by atoms with E-state index in [0.717, 1.165) is 12.0 Å². The van der Waals surface area contributed by atoms with Crippen LogP contribution < -0.4 is 5.73 Å². The van der Waals surface area contributed by atoms with Crippen molar-refractivity contribution < 1.29 is 14.7 Å². The Kier molecular flexibility index (Phi) is 4.04. The third-order valence-electron chi connectivity index (χ3n) is 3.44. The van der Waals surface area contributed by atoms with Crippen LogP contribution in [-0.2, 0) is 16.0 Å². The molecule has 2 rings (SSSR count). The predicted octanol–water partition coefficient (Wildman–Crippen LogP) is 1.13. The smallest absolute Gasteiger partial charge is 0.303 e. The molecule has 1 aliphatic rings. The molecule has 0 aromatic heterocycles. The van der Waals surface area contributed by atoms with Crippen molar-refractivity contribution in [2.24, 2.45) is 5.92 Å². The second-order valence-electron chi connectivity index (χ2n) is 5.01. The fourth-order valence-corrected chi connectivity index (χ4v) is 2.39. The van der Waals surface area contributed by atoms with Gasteiger partial charge in [-0.05, 0) is 30.0 Å². The Bertz CT molecular complexity index is 470. The first-order valence-electron chi connectivity index (χ1n) is 6.38. The summed E-state index contributed by atoms with van der Waals surface area (Å²) >= 11 is 0. The topological polar surface area (TPSA) is 83.6 Å². The van der Waals surface area contributed by atoms with Gasteiger partial charge in [0.2, 0.25) is 5.91 Å². The average Bonchev–Trinajstić information content (AvgIpc) is 2.80. The van der Waals surface area contributed by atoms with E-state index in [2.05, 4.69) is 0 Å². The Hall–Kier alpha value is -2.04. The Morgan fingerprint density at radius 3 is 2.63 bits per heavy atom. The molecule has 0 radical (unpaired) electrons. The number of hydrogen-bond donors (Lipinski definition) is 2. The standard InChI is InChI=1S/C14H18N2O3/c15-12-3-1-10(2-4-12)7-13(17)16-6-5-11(9-16)8-14(18)19/h1-4,11H,5-9,15H2,(H,18,19). The van der Waals surface area contributed by atoms with Crippen LogP contribution in [0.1, 0.15) is 18.4 Å². The van der Waals surface area contributed by atoms with Crippen molar-refractivity contribution in [1.29, 1.82) is 0 Å². The van der Waals surface area contributed by atoms with Crippen molar-refractivity contribution in [2.75, 3.05) is 18.8 Å². The van der Waals surface area contributed by atoms with Crippen molar-refractivity contribution in [3.63, 3.8) is 0 Å². The fourth-order valence-electron chi connectivity index (χ4n) is 2.39. The number of carboxylic acid groups (broad SMARTS) is 1. The molecule has 1 atom stereocenters. The molecule has 102 valence electrons. The fraction of sp³-hybridized carbons (Fsp3) is 0.429. The Morgan fingerprint density at radius 1 is 1.32 bits per heavy atom. The third-order valence-corrected chi connectivity index (χ3v) is 3.44. The number of amides is 1. The molecule has 1 aromatic rings. The minimum absolute atomic E-state index is 0.0534. The van der Waals surface area contributed by atoms with E-state index in [1.54, 1.807) is 17.0 Å². The molecule has 5 nitrogen and oxygen atoms in total. The maximum Gasteiger partial charge on any atom is 0.303 e. The summed E-state index contributed by atoms with van der Waals surface area (Å²) in [6.45, 7) is 1.21. The zero-order chi connectivity index (χ0) is 13.8. The van der Waals surface area contributed by atoms with Crippen LogP contribution in [-0.4, -0.2) is 35.0 Å². The van der Waals surface area contributed by atoms with Crippen LogP contribution in [0.3, 0.4) is 0 Å². The Balaban J connectivity index is 1.87.